The molecule has 0 aliphatic heterocycles. The topological polar surface area (TPSA) is 9.23 Å². The monoisotopic (exact) mass is 252 g/mol. The van der Waals surface area contributed by atoms with Gasteiger partial charge in [-0.25, -0.2) is 13.2 Å². The molecule has 0 heterocycles. The average Bonchev–Trinajstić information content (AvgIpc) is 2.38. The molecular weight excluding hydrogens is 241 g/mol. The Morgan fingerprint density at radius 3 is 2.17 bits per heavy atom. The maximum atomic E-state index is 13.3. The first-order valence-electron chi connectivity index (χ1n) is 5.33. The second-order valence-corrected chi connectivity index (χ2v) is 3.80. The molecule has 1 nitrogen and oxygen atoms in total. The molecule has 18 heavy (non-hydrogen) atoms. The Balaban J connectivity index is 2.39. The fourth-order valence-corrected chi connectivity index (χ4v) is 1.67. The lowest BCUT2D eigenvalue weighted by Crippen LogP contribution is -1.88. The van der Waals surface area contributed by atoms with E-state index in [-0.39, 0.29) is 5.56 Å². The van der Waals surface area contributed by atoms with Gasteiger partial charge in [-0.15, -0.1) is 0 Å². The molecule has 0 aromatic heterocycles. The molecule has 0 aliphatic carbocycles. The quantitative estimate of drug-likeness (QED) is 0.784. The van der Waals surface area contributed by atoms with Crippen LogP contribution in [0.1, 0.15) is 12.0 Å². The van der Waals surface area contributed by atoms with E-state index in [1.807, 2.05) is 0 Å². The first-order chi connectivity index (χ1) is 8.60. The fraction of sp³-hybridized carbons (Fsp3) is 0.143. The van der Waals surface area contributed by atoms with Crippen LogP contribution in [0.15, 0.2) is 42.5 Å². The van der Waals surface area contributed by atoms with Crippen molar-refractivity contribution in [3.8, 4) is 16.9 Å². The predicted octanol–water partition coefficient (Wildman–Crippen LogP) is 4.44. The summed E-state index contributed by atoms with van der Waals surface area (Å²) in [5.41, 5.74) is 1.20. The molecule has 2 rings (SSSR count). The van der Waals surface area contributed by atoms with Crippen LogP contribution in [0.4, 0.5) is 13.2 Å². The van der Waals surface area contributed by atoms with E-state index in [1.54, 1.807) is 6.07 Å². The lowest BCUT2D eigenvalue weighted by Gasteiger charge is -2.06. The van der Waals surface area contributed by atoms with Gasteiger partial charge in [0.15, 0.2) is 0 Å². The van der Waals surface area contributed by atoms with Crippen molar-refractivity contribution in [1.82, 2.24) is 0 Å². The minimum absolute atomic E-state index is 0.0536. The minimum atomic E-state index is -2.50. The van der Waals surface area contributed by atoms with E-state index in [0.717, 1.165) is 0 Å². The van der Waals surface area contributed by atoms with Crippen molar-refractivity contribution in [3.05, 3.63) is 53.8 Å². The van der Waals surface area contributed by atoms with Gasteiger partial charge in [0.25, 0.3) is 6.43 Å². The molecule has 2 aromatic rings. The van der Waals surface area contributed by atoms with Gasteiger partial charge < -0.3 is 4.74 Å². The van der Waals surface area contributed by atoms with Gasteiger partial charge >= 0.3 is 0 Å². The standard InChI is InChI=1S/C14H11F3O/c1-18-13-7-11(6-12(15)8-13)9-2-4-10(5-3-9)14(16)17/h2-8,14H,1H3. The van der Waals surface area contributed by atoms with Gasteiger partial charge in [-0.05, 0) is 23.3 Å². The van der Waals surface area contributed by atoms with Gasteiger partial charge in [-0.1, -0.05) is 24.3 Å². The summed E-state index contributed by atoms with van der Waals surface area (Å²) in [6.07, 6.45) is -2.50. The smallest absolute Gasteiger partial charge is 0.263 e. The van der Waals surface area contributed by atoms with Crippen LogP contribution in [0.25, 0.3) is 11.1 Å². The molecule has 2 aromatic carbocycles. The molecular formula is C14H11F3O. The maximum absolute atomic E-state index is 13.3. The second kappa shape index (κ2) is 5.12. The molecule has 94 valence electrons. The fourth-order valence-electron chi connectivity index (χ4n) is 1.67. The Hall–Kier alpha value is -1.97. The average molecular weight is 252 g/mol. The SMILES string of the molecule is COc1cc(F)cc(-c2ccc(C(F)F)cc2)c1. The summed E-state index contributed by atoms with van der Waals surface area (Å²) in [5.74, 6) is -0.0368. The van der Waals surface area contributed by atoms with Crippen LogP contribution >= 0.6 is 0 Å². The van der Waals surface area contributed by atoms with Gasteiger partial charge in [0.2, 0.25) is 0 Å². The molecule has 0 saturated carbocycles. The van der Waals surface area contributed by atoms with Gasteiger partial charge in [0, 0.05) is 11.6 Å². The summed E-state index contributed by atoms with van der Waals surface area (Å²) in [6.45, 7) is 0. The molecule has 0 spiro atoms. The molecule has 0 radical (unpaired) electrons. The molecule has 0 bridgehead atoms. The van der Waals surface area contributed by atoms with E-state index in [9.17, 15) is 13.2 Å². The Bertz CT molecular complexity index is 535. The Morgan fingerprint density at radius 1 is 0.944 bits per heavy atom. The van der Waals surface area contributed by atoms with E-state index < -0.39 is 12.2 Å². The highest BCUT2D eigenvalue weighted by Gasteiger charge is 2.08. The van der Waals surface area contributed by atoms with Gasteiger partial charge in [0.05, 0.1) is 7.11 Å². The minimum Gasteiger partial charge on any atom is -0.497 e. The highest BCUT2D eigenvalue weighted by Crippen LogP contribution is 2.27. The van der Waals surface area contributed by atoms with Gasteiger partial charge in [-0.2, -0.15) is 0 Å². The highest BCUT2D eigenvalue weighted by atomic mass is 19.3. The third-order valence-electron chi connectivity index (χ3n) is 2.60. The molecule has 0 unspecified atom stereocenters. The lowest BCUT2D eigenvalue weighted by molar-refractivity contribution is 0.151. The van der Waals surface area contributed by atoms with Crippen LogP contribution in [0.3, 0.4) is 0 Å². The predicted molar refractivity (Wildman–Crippen MR) is 63.3 cm³/mol. The number of rotatable bonds is 3. The largest absolute Gasteiger partial charge is 0.497 e. The summed E-state index contributed by atoms with van der Waals surface area (Å²) < 4.78 is 43.1. The zero-order valence-electron chi connectivity index (χ0n) is 9.66. The van der Waals surface area contributed by atoms with E-state index in [1.165, 1.54) is 43.5 Å². The van der Waals surface area contributed by atoms with Crippen LogP contribution in [0.5, 0.6) is 5.75 Å². The Morgan fingerprint density at radius 2 is 1.61 bits per heavy atom. The molecule has 4 heteroatoms. The highest BCUT2D eigenvalue weighted by molar-refractivity contribution is 5.65. The summed E-state index contributed by atoms with van der Waals surface area (Å²) in [7, 11) is 1.44. The summed E-state index contributed by atoms with van der Waals surface area (Å²) in [5, 5.41) is 0. The maximum Gasteiger partial charge on any atom is 0.263 e. The van der Waals surface area contributed by atoms with Crippen molar-refractivity contribution in [1.29, 1.82) is 0 Å². The number of halogens is 3. The van der Waals surface area contributed by atoms with Crippen LogP contribution in [0, 0.1) is 5.82 Å². The lowest BCUT2D eigenvalue weighted by atomic mass is 10.0. The third kappa shape index (κ3) is 2.64. The first kappa shape index (κ1) is 12.5. The first-order valence-corrected chi connectivity index (χ1v) is 5.33. The molecule has 0 saturated heterocycles. The van der Waals surface area contributed by atoms with E-state index in [4.69, 9.17) is 4.74 Å². The molecule has 0 fully saturated rings. The van der Waals surface area contributed by atoms with Crippen LogP contribution in [-0.2, 0) is 0 Å². The van der Waals surface area contributed by atoms with E-state index in [2.05, 4.69) is 0 Å². The van der Waals surface area contributed by atoms with E-state index >= 15 is 0 Å². The normalized spacial score (nSPS) is 10.7. The molecule has 0 atom stereocenters. The van der Waals surface area contributed by atoms with Crippen molar-refractivity contribution >= 4 is 0 Å². The van der Waals surface area contributed by atoms with Crippen molar-refractivity contribution in [3.63, 3.8) is 0 Å². The number of hydrogen-bond acceptors (Lipinski definition) is 1. The van der Waals surface area contributed by atoms with Crippen molar-refractivity contribution in [2.45, 2.75) is 6.43 Å². The van der Waals surface area contributed by atoms with E-state index in [0.29, 0.717) is 16.9 Å². The van der Waals surface area contributed by atoms with Crippen LogP contribution in [-0.4, -0.2) is 7.11 Å². The summed E-state index contributed by atoms with van der Waals surface area (Å²) in [4.78, 5) is 0. The number of benzene rings is 2. The molecule has 0 amide bonds. The Labute approximate surface area is 103 Å². The van der Waals surface area contributed by atoms with Crippen molar-refractivity contribution in [2.75, 3.05) is 7.11 Å². The zero-order chi connectivity index (χ0) is 13.1. The summed E-state index contributed by atoms with van der Waals surface area (Å²) in [6, 6.07) is 9.98. The number of ether oxygens (including phenoxy) is 1. The second-order valence-electron chi connectivity index (χ2n) is 3.80. The van der Waals surface area contributed by atoms with Crippen molar-refractivity contribution < 1.29 is 17.9 Å². The van der Waals surface area contributed by atoms with Crippen LogP contribution in [0.2, 0.25) is 0 Å². The van der Waals surface area contributed by atoms with Crippen LogP contribution < -0.4 is 4.74 Å². The Kier molecular flexibility index (Phi) is 3.55. The molecule has 0 aliphatic rings. The number of methoxy groups -OCH3 is 1. The zero-order valence-corrected chi connectivity index (χ0v) is 9.66. The number of alkyl halides is 2. The van der Waals surface area contributed by atoms with Crippen molar-refractivity contribution in [2.24, 2.45) is 0 Å². The number of hydrogen-bond donors (Lipinski definition) is 0. The molecule has 0 N–H and O–H groups in total. The van der Waals surface area contributed by atoms with Gasteiger partial charge in [0.1, 0.15) is 11.6 Å². The van der Waals surface area contributed by atoms with Gasteiger partial charge in [-0.3, -0.25) is 0 Å². The summed E-state index contributed by atoms with van der Waals surface area (Å²) >= 11 is 0. The third-order valence-corrected chi connectivity index (χ3v) is 2.60.